The minimum Gasteiger partial charge on any atom is -0.310 e. The Balaban J connectivity index is 2.18. The minimum absolute atomic E-state index is 0.741. The fraction of sp³-hybridized carbons (Fsp3) is 0.800. The van der Waals surface area contributed by atoms with Crippen molar-refractivity contribution in [2.75, 3.05) is 0 Å². The van der Waals surface area contributed by atoms with E-state index in [1.54, 1.807) is 0 Å². The van der Waals surface area contributed by atoms with Crippen molar-refractivity contribution in [1.29, 1.82) is 0 Å². The molecule has 0 aromatic heterocycles. The van der Waals surface area contributed by atoms with Gasteiger partial charge in [0.25, 0.3) is 0 Å². The van der Waals surface area contributed by atoms with Crippen LogP contribution in [0.1, 0.15) is 19.8 Å². The normalized spacial score (nSPS) is 34.5. The van der Waals surface area contributed by atoms with Crippen molar-refractivity contribution in [3.8, 4) is 0 Å². The van der Waals surface area contributed by atoms with Gasteiger partial charge in [0.05, 0.1) is 0 Å². The Bertz CT molecular complexity index is 37.2. The van der Waals surface area contributed by atoms with Crippen LogP contribution in [0.25, 0.3) is 0 Å². The Labute approximate surface area is 38.7 Å². The van der Waals surface area contributed by atoms with Crippen molar-refractivity contribution in [2.45, 2.75) is 25.8 Å². The predicted molar refractivity (Wildman–Crippen MR) is 26.1 cm³/mol. The zero-order valence-corrected chi connectivity index (χ0v) is 4.07. The maximum atomic E-state index is 3.19. The summed E-state index contributed by atoms with van der Waals surface area (Å²) in [6, 6.07) is 0.741. The van der Waals surface area contributed by atoms with E-state index >= 15 is 0 Å². The van der Waals surface area contributed by atoms with Crippen LogP contribution in [-0.4, -0.2) is 6.04 Å². The van der Waals surface area contributed by atoms with Crippen molar-refractivity contribution < 1.29 is 0 Å². The lowest BCUT2D eigenvalue weighted by Crippen LogP contribution is -2.12. The highest BCUT2D eigenvalue weighted by molar-refractivity contribution is 4.77. The SMILES string of the molecule is CC1CC[CH]N1. The second-order valence-electron chi connectivity index (χ2n) is 1.85. The van der Waals surface area contributed by atoms with E-state index in [0.717, 1.165) is 6.04 Å². The van der Waals surface area contributed by atoms with E-state index in [1.165, 1.54) is 12.8 Å². The molecule has 1 N–H and O–H groups in total. The lowest BCUT2D eigenvalue weighted by molar-refractivity contribution is 0.680. The molecule has 1 heterocycles. The fourth-order valence-electron chi connectivity index (χ4n) is 0.701. The molecule has 1 fully saturated rings. The molecule has 0 saturated carbocycles. The summed E-state index contributed by atoms with van der Waals surface area (Å²) in [5.41, 5.74) is 0. The van der Waals surface area contributed by atoms with Crippen molar-refractivity contribution >= 4 is 0 Å². The van der Waals surface area contributed by atoms with Crippen LogP contribution in [0.2, 0.25) is 0 Å². The molecule has 1 rings (SSSR count). The van der Waals surface area contributed by atoms with E-state index in [4.69, 9.17) is 0 Å². The Morgan fingerprint density at radius 2 is 2.67 bits per heavy atom. The summed E-state index contributed by atoms with van der Waals surface area (Å²) in [6.07, 6.45) is 2.57. The first-order chi connectivity index (χ1) is 2.89. The van der Waals surface area contributed by atoms with Gasteiger partial charge in [-0.3, -0.25) is 0 Å². The van der Waals surface area contributed by atoms with Gasteiger partial charge in [0, 0.05) is 12.6 Å². The molecule has 0 amide bonds. The molecule has 1 atom stereocenters. The highest BCUT2D eigenvalue weighted by Gasteiger charge is 2.05. The summed E-state index contributed by atoms with van der Waals surface area (Å²) in [6.45, 7) is 4.33. The molecule has 0 aromatic rings. The van der Waals surface area contributed by atoms with Gasteiger partial charge in [-0.05, 0) is 19.8 Å². The zero-order valence-electron chi connectivity index (χ0n) is 4.07. The third-order valence-corrected chi connectivity index (χ3v) is 1.15. The molecule has 0 spiro atoms. The number of hydrogen-bond donors (Lipinski definition) is 1. The molecule has 6 heavy (non-hydrogen) atoms. The molecule has 1 saturated heterocycles. The van der Waals surface area contributed by atoms with E-state index in [1.807, 2.05) is 0 Å². The average molecular weight is 84.1 g/mol. The van der Waals surface area contributed by atoms with Gasteiger partial charge in [-0.15, -0.1) is 0 Å². The smallest absolute Gasteiger partial charge is 0.0224 e. The Morgan fingerprint density at radius 1 is 1.83 bits per heavy atom. The lowest BCUT2D eigenvalue weighted by atomic mass is 10.3. The van der Waals surface area contributed by atoms with Crippen LogP contribution < -0.4 is 5.32 Å². The van der Waals surface area contributed by atoms with Crippen LogP contribution in [-0.2, 0) is 0 Å². The summed E-state index contributed by atoms with van der Waals surface area (Å²) in [7, 11) is 0. The van der Waals surface area contributed by atoms with Gasteiger partial charge in [0.2, 0.25) is 0 Å². The van der Waals surface area contributed by atoms with Crippen LogP contribution >= 0.6 is 0 Å². The Hall–Kier alpha value is -0.0400. The first-order valence-corrected chi connectivity index (χ1v) is 2.47. The summed E-state index contributed by atoms with van der Waals surface area (Å²) >= 11 is 0. The van der Waals surface area contributed by atoms with Crippen LogP contribution in [0.15, 0.2) is 0 Å². The number of rotatable bonds is 0. The quantitative estimate of drug-likeness (QED) is 0.460. The molecule has 1 nitrogen and oxygen atoms in total. The second kappa shape index (κ2) is 1.61. The van der Waals surface area contributed by atoms with Crippen molar-refractivity contribution in [2.24, 2.45) is 0 Å². The topological polar surface area (TPSA) is 12.0 Å². The van der Waals surface area contributed by atoms with E-state index < -0.39 is 0 Å². The Kier molecular flexibility index (Phi) is 1.10. The number of nitrogens with one attached hydrogen (secondary N) is 1. The van der Waals surface area contributed by atoms with Gasteiger partial charge in [0.15, 0.2) is 0 Å². The zero-order chi connectivity index (χ0) is 4.41. The van der Waals surface area contributed by atoms with Crippen LogP contribution in [0, 0.1) is 6.54 Å². The van der Waals surface area contributed by atoms with Crippen molar-refractivity contribution in [3.63, 3.8) is 0 Å². The average Bonchev–Trinajstić information content (AvgIpc) is 1.86. The lowest BCUT2D eigenvalue weighted by Gasteiger charge is -1.94. The minimum atomic E-state index is 0.741. The third kappa shape index (κ3) is 0.716. The first kappa shape index (κ1) is 4.13. The summed E-state index contributed by atoms with van der Waals surface area (Å²) < 4.78 is 0. The van der Waals surface area contributed by atoms with Crippen molar-refractivity contribution in [3.05, 3.63) is 6.54 Å². The van der Waals surface area contributed by atoms with E-state index in [9.17, 15) is 0 Å². The largest absolute Gasteiger partial charge is 0.310 e. The number of hydrogen-bond acceptors (Lipinski definition) is 1. The molecule has 1 aliphatic rings. The summed E-state index contributed by atoms with van der Waals surface area (Å²) in [4.78, 5) is 0. The summed E-state index contributed by atoms with van der Waals surface area (Å²) in [5.74, 6) is 0. The molecule has 1 radical (unpaired) electrons. The van der Waals surface area contributed by atoms with Gasteiger partial charge in [-0.1, -0.05) is 0 Å². The fourth-order valence-corrected chi connectivity index (χ4v) is 0.701. The molecule has 1 heteroatoms. The predicted octanol–water partition coefficient (Wildman–Crippen LogP) is 0.920. The monoisotopic (exact) mass is 84.1 g/mol. The third-order valence-electron chi connectivity index (χ3n) is 1.15. The van der Waals surface area contributed by atoms with E-state index in [-0.39, 0.29) is 0 Å². The van der Waals surface area contributed by atoms with Crippen molar-refractivity contribution in [1.82, 2.24) is 5.32 Å². The second-order valence-corrected chi connectivity index (χ2v) is 1.85. The van der Waals surface area contributed by atoms with Gasteiger partial charge in [-0.2, -0.15) is 0 Å². The van der Waals surface area contributed by atoms with E-state index in [0.29, 0.717) is 0 Å². The van der Waals surface area contributed by atoms with Gasteiger partial charge in [-0.25, -0.2) is 0 Å². The van der Waals surface area contributed by atoms with Gasteiger partial charge in [0.1, 0.15) is 0 Å². The van der Waals surface area contributed by atoms with Crippen LogP contribution in [0.3, 0.4) is 0 Å². The van der Waals surface area contributed by atoms with Gasteiger partial charge < -0.3 is 5.32 Å². The first-order valence-electron chi connectivity index (χ1n) is 2.47. The van der Waals surface area contributed by atoms with Crippen LogP contribution in [0.4, 0.5) is 0 Å². The molecular weight excluding hydrogens is 74.1 g/mol. The molecule has 0 bridgehead atoms. The van der Waals surface area contributed by atoms with Crippen LogP contribution in [0.5, 0.6) is 0 Å². The molecule has 35 valence electrons. The standard InChI is InChI=1S/C5H10N/c1-5-3-2-4-6-5/h4-6H,2-3H2,1H3. The molecule has 1 aliphatic heterocycles. The maximum absolute atomic E-state index is 3.19. The van der Waals surface area contributed by atoms with Gasteiger partial charge >= 0.3 is 0 Å². The van der Waals surface area contributed by atoms with E-state index in [2.05, 4.69) is 18.8 Å². The highest BCUT2D eigenvalue weighted by atomic mass is 14.9. The molecule has 1 unspecified atom stereocenters. The molecular formula is C5H10N. The Morgan fingerprint density at radius 3 is 2.83 bits per heavy atom. The summed E-state index contributed by atoms with van der Waals surface area (Å²) in [5, 5.41) is 3.19. The molecule has 0 aromatic carbocycles. The highest BCUT2D eigenvalue weighted by Crippen LogP contribution is 2.05. The maximum Gasteiger partial charge on any atom is 0.0224 e. The molecule has 0 aliphatic carbocycles.